The van der Waals surface area contributed by atoms with Crippen LogP contribution in [0.3, 0.4) is 0 Å². The van der Waals surface area contributed by atoms with E-state index < -0.39 is 0 Å². The summed E-state index contributed by atoms with van der Waals surface area (Å²) in [6.45, 7) is 9.05. The molecular formula is C13H22N6O. The maximum Gasteiger partial charge on any atom is 0.226 e. The summed E-state index contributed by atoms with van der Waals surface area (Å²) in [5.74, 6) is 0.670. The lowest BCUT2D eigenvalue weighted by Crippen LogP contribution is -2.47. The number of piperazine rings is 1. The predicted molar refractivity (Wildman–Crippen MR) is 78.2 cm³/mol. The maximum atomic E-state index is 8.76. The highest BCUT2D eigenvalue weighted by Gasteiger charge is 2.19. The Morgan fingerprint density at radius 1 is 1.35 bits per heavy atom. The van der Waals surface area contributed by atoms with Gasteiger partial charge in [0.25, 0.3) is 0 Å². The Balaban J connectivity index is 2.12. The van der Waals surface area contributed by atoms with E-state index in [0.29, 0.717) is 11.6 Å². The second kappa shape index (κ2) is 6.51. The van der Waals surface area contributed by atoms with Gasteiger partial charge < -0.3 is 15.8 Å². The molecule has 2 rings (SSSR count). The lowest BCUT2D eigenvalue weighted by molar-refractivity contribution is 0.257. The van der Waals surface area contributed by atoms with Gasteiger partial charge in [0, 0.05) is 31.9 Å². The number of aromatic nitrogens is 2. The van der Waals surface area contributed by atoms with Crippen molar-refractivity contribution in [2.45, 2.75) is 20.3 Å². The Bertz CT molecular complexity index is 482. The summed E-state index contributed by atoms with van der Waals surface area (Å²) in [5, 5.41) is 11.8. The van der Waals surface area contributed by atoms with Crippen LogP contribution in [0.5, 0.6) is 0 Å². The van der Waals surface area contributed by atoms with Crippen LogP contribution in [0.4, 0.5) is 5.95 Å². The van der Waals surface area contributed by atoms with Crippen molar-refractivity contribution in [3.63, 3.8) is 0 Å². The van der Waals surface area contributed by atoms with Gasteiger partial charge in [0.2, 0.25) is 5.95 Å². The highest BCUT2D eigenvalue weighted by molar-refractivity contribution is 5.95. The van der Waals surface area contributed by atoms with E-state index in [0.717, 1.165) is 38.4 Å². The van der Waals surface area contributed by atoms with Crippen molar-refractivity contribution in [2.75, 3.05) is 37.6 Å². The monoisotopic (exact) mass is 278 g/mol. The molecule has 0 unspecified atom stereocenters. The van der Waals surface area contributed by atoms with Crippen LogP contribution in [0, 0.1) is 6.92 Å². The molecule has 0 spiro atoms. The first-order valence-corrected chi connectivity index (χ1v) is 6.95. The van der Waals surface area contributed by atoms with Gasteiger partial charge in [-0.25, -0.2) is 9.97 Å². The number of oxime groups is 1. The average molecular weight is 278 g/mol. The van der Waals surface area contributed by atoms with Crippen LogP contribution in [-0.2, 0) is 0 Å². The van der Waals surface area contributed by atoms with E-state index in [-0.39, 0.29) is 5.84 Å². The van der Waals surface area contributed by atoms with E-state index in [1.807, 2.05) is 6.92 Å². The number of amidine groups is 1. The number of rotatable bonds is 4. The SMILES string of the molecule is CCCN1CCN(c2nc(C)cc(/C(N)=N/O)n2)CC1. The third-order valence-corrected chi connectivity index (χ3v) is 3.41. The largest absolute Gasteiger partial charge is 0.409 e. The molecule has 2 heterocycles. The standard InChI is InChI=1S/C13H22N6O/c1-3-4-18-5-7-19(8-6-18)13-15-10(2)9-11(16-13)12(14)17-20/h9,20H,3-8H2,1-2H3,(H2,14,17). The second-order valence-electron chi connectivity index (χ2n) is 5.01. The molecule has 1 aliphatic heterocycles. The van der Waals surface area contributed by atoms with Crippen molar-refractivity contribution in [1.29, 1.82) is 0 Å². The topological polar surface area (TPSA) is 90.9 Å². The number of hydrogen-bond donors (Lipinski definition) is 2. The Morgan fingerprint density at radius 2 is 2.05 bits per heavy atom. The normalized spacial score (nSPS) is 17.5. The Labute approximate surface area is 119 Å². The zero-order chi connectivity index (χ0) is 14.5. The van der Waals surface area contributed by atoms with Crippen LogP contribution in [0.25, 0.3) is 0 Å². The van der Waals surface area contributed by atoms with Gasteiger partial charge >= 0.3 is 0 Å². The molecule has 0 saturated carbocycles. The van der Waals surface area contributed by atoms with E-state index in [4.69, 9.17) is 10.9 Å². The van der Waals surface area contributed by atoms with E-state index in [1.165, 1.54) is 6.42 Å². The van der Waals surface area contributed by atoms with Crippen LogP contribution in [0.15, 0.2) is 11.2 Å². The van der Waals surface area contributed by atoms with Gasteiger partial charge in [0.15, 0.2) is 5.84 Å². The minimum absolute atomic E-state index is 0.0152. The molecule has 1 aromatic rings. The molecule has 0 aliphatic carbocycles. The van der Waals surface area contributed by atoms with Gasteiger partial charge in [-0.05, 0) is 26.0 Å². The molecule has 7 heteroatoms. The fourth-order valence-electron chi connectivity index (χ4n) is 2.36. The molecule has 1 aliphatic rings. The van der Waals surface area contributed by atoms with Crippen molar-refractivity contribution in [3.05, 3.63) is 17.5 Å². The summed E-state index contributed by atoms with van der Waals surface area (Å²) in [4.78, 5) is 13.4. The quantitative estimate of drug-likeness (QED) is 0.359. The fraction of sp³-hybridized carbons (Fsp3) is 0.615. The number of nitrogens with zero attached hydrogens (tertiary/aromatic N) is 5. The van der Waals surface area contributed by atoms with Crippen LogP contribution in [0.2, 0.25) is 0 Å². The van der Waals surface area contributed by atoms with E-state index in [1.54, 1.807) is 6.07 Å². The molecule has 0 amide bonds. The van der Waals surface area contributed by atoms with Gasteiger partial charge in [-0.2, -0.15) is 0 Å². The number of nitrogens with two attached hydrogens (primary N) is 1. The summed E-state index contributed by atoms with van der Waals surface area (Å²) in [7, 11) is 0. The Kier molecular flexibility index (Phi) is 4.73. The first-order chi connectivity index (χ1) is 9.63. The minimum atomic E-state index is 0.0152. The number of anilines is 1. The summed E-state index contributed by atoms with van der Waals surface area (Å²) in [6.07, 6.45) is 1.18. The lowest BCUT2D eigenvalue weighted by Gasteiger charge is -2.34. The van der Waals surface area contributed by atoms with E-state index in [2.05, 4.69) is 31.8 Å². The second-order valence-corrected chi connectivity index (χ2v) is 5.01. The molecule has 20 heavy (non-hydrogen) atoms. The fourth-order valence-corrected chi connectivity index (χ4v) is 2.36. The highest BCUT2D eigenvalue weighted by atomic mass is 16.4. The molecule has 0 radical (unpaired) electrons. The Morgan fingerprint density at radius 3 is 2.65 bits per heavy atom. The van der Waals surface area contributed by atoms with Crippen LogP contribution < -0.4 is 10.6 Å². The van der Waals surface area contributed by atoms with Crippen molar-refractivity contribution >= 4 is 11.8 Å². The molecule has 0 bridgehead atoms. The van der Waals surface area contributed by atoms with E-state index in [9.17, 15) is 0 Å². The third kappa shape index (κ3) is 3.36. The Hall–Kier alpha value is -1.89. The minimum Gasteiger partial charge on any atom is -0.409 e. The van der Waals surface area contributed by atoms with Crippen molar-refractivity contribution in [1.82, 2.24) is 14.9 Å². The summed E-state index contributed by atoms with van der Waals surface area (Å²) >= 11 is 0. The smallest absolute Gasteiger partial charge is 0.226 e. The van der Waals surface area contributed by atoms with Crippen molar-refractivity contribution in [3.8, 4) is 0 Å². The van der Waals surface area contributed by atoms with Gasteiger partial charge in [0.1, 0.15) is 5.69 Å². The van der Waals surface area contributed by atoms with E-state index >= 15 is 0 Å². The predicted octanol–water partition coefficient (Wildman–Crippen LogP) is 0.412. The summed E-state index contributed by atoms with van der Waals surface area (Å²) in [6, 6.07) is 1.71. The van der Waals surface area contributed by atoms with Gasteiger partial charge in [-0.15, -0.1) is 0 Å². The molecule has 1 aromatic heterocycles. The van der Waals surface area contributed by atoms with Gasteiger partial charge in [0.05, 0.1) is 0 Å². The molecule has 3 N–H and O–H groups in total. The molecule has 110 valence electrons. The van der Waals surface area contributed by atoms with Crippen molar-refractivity contribution < 1.29 is 5.21 Å². The number of hydrogen-bond acceptors (Lipinski definition) is 6. The zero-order valence-corrected chi connectivity index (χ0v) is 12.1. The molecular weight excluding hydrogens is 256 g/mol. The molecule has 0 aromatic carbocycles. The average Bonchev–Trinajstić information content (AvgIpc) is 2.47. The summed E-state index contributed by atoms with van der Waals surface area (Å²) < 4.78 is 0. The first kappa shape index (κ1) is 14.5. The van der Waals surface area contributed by atoms with Crippen LogP contribution in [0.1, 0.15) is 24.7 Å². The number of aryl methyl sites for hydroxylation is 1. The molecule has 7 nitrogen and oxygen atoms in total. The molecule has 1 fully saturated rings. The van der Waals surface area contributed by atoms with Crippen molar-refractivity contribution in [2.24, 2.45) is 10.9 Å². The lowest BCUT2D eigenvalue weighted by atomic mass is 10.3. The zero-order valence-electron chi connectivity index (χ0n) is 12.1. The highest BCUT2D eigenvalue weighted by Crippen LogP contribution is 2.13. The molecule has 1 saturated heterocycles. The van der Waals surface area contributed by atoms with Gasteiger partial charge in [-0.3, -0.25) is 4.90 Å². The van der Waals surface area contributed by atoms with Gasteiger partial charge in [-0.1, -0.05) is 12.1 Å². The maximum absolute atomic E-state index is 8.76. The molecule has 0 atom stereocenters. The third-order valence-electron chi connectivity index (χ3n) is 3.41. The van der Waals surface area contributed by atoms with Crippen LogP contribution >= 0.6 is 0 Å². The van der Waals surface area contributed by atoms with Crippen LogP contribution in [-0.4, -0.2) is 58.6 Å². The summed E-state index contributed by atoms with van der Waals surface area (Å²) in [5.41, 5.74) is 6.88. The first-order valence-electron chi connectivity index (χ1n) is 6.95.